The van der Waals surface area contributed by atoms with Gasteiger partial charge in [0, 0.05) is 24.2 Å². The average molecular weight is 292 g/mol. The summed E-state index contributed by atoms with van der Waals surface area (Å²) in [5, 5.41) is 7.82. The molecule has 0 aromatic carbocycles. The molecular weight excluding hydrogens is 268 g/mol. The minimum atomic E-state index is 0.122. The smallest absolute Gasteiger partial charge is 0.122 e. The largest absolute Gasteiger partial charge is 0.468 e. The van der Waals surface area contributed by atoms with E-state index in [-0.39, 0.29) is 5.54 Å². The van der Waals surface area contributed by atoms with Gasteiger partial charge in [-0.15, -0.1) is 0 Å². The number of rotatable bonds is 6. The molecule has 0 atom stereocenters. The molecule has 0 aliphatic carbocycles. The minimum Gasteiger partial charge on any atom is -0.468 e. The van der Waals surface area contributed by atoms with E-state index in [4.69, 9.17) is 4.42 Å². The van der Waals surface area contributed by atoms with Crippen molar-refractivity contribution < 1.29 is 4.42 Å². The number of nitrogens with one attached hydrogen (secondary N) is 1. The molecule has 3 nitrogen and oxygen atoms in total. The van der Waals surface area contributed by atoms with Crippen molar-refractivity contribution in [2.45, 2.75) is 45.9 Å². The van der Waals surface area contributed by atoms with Crippen molar-refractivity contribution in [1.82, 2.24) is 10.2 Å². The van der Waals surface area contributed by atoms with Crippen LogP contribution >= 0.6 is 11.3 Å². The monoisotopic (exact) mass is 292 g/mol. The summed E-state index contributed by atoms with van der Waals surface area (Å²) in [6, 6.07) is 4.23. The van der Waals surface area contributed by atoms with Crippen molar-refractivity contribution in [3.63, 3.8) is 0 Å². The standard InChI is InChI=1S/C16H24N2OS/c1-16(2,3)17-9-14-5-7-19-15(14)11-18(4)10-13-6-8-20-12-13/h5-8,12,17H,9-11H2,1-4H3. The van der Waals surface area contributed by atoms with Crippen LogP contribution in [-0.4, -0.2) is 17.5 Å². The summed E-state index contributed by atoms with van der Waals surface area (Å²) in [5.74, 6) is 1.06. The van der Waals surface area contributed by atoms with Gasteiger partial charge in [0.1, 0.15) is 5.76 Å². The second-order valence-electron chi connectivity index (χ2n) is 6.28. The zero-order chi connectivity index (χ0) is 14.6. The van der Waals surface area contributed by atoms with Gasteiger partial charge in [-0.05, 0) is 56.3 Å². The maximum absolute atomic E-state index is 5.64. The van der Waals surface area contributed by atoms with Gasteiger partial charge in [-0.3, -0.25) is 4.90 Å². The second kappa shape index (κ2) is 6.57. The highest BCUT2D eigenvalue weighted by atomic mass is 32.1. The van der Waals surface area contributed by atoms with Crippen molar-refractivity contribution >= 4 is 11.3 Å². The Labute approximate surface area is 125 Å². The van der Waals surface area contributed by atoms with E-state index in [2.05, 4.69) is 60.9 Å². The Balaban J connectivity index is 1.91. The molecule has 0 saturated carbocycles. The molecule has 0 aliphatic heterocycles. The molecule has 2 aromatic heterocycles. The minimum absolute atomic E-state index is 0.122. The number of hydrogen-bond acceptors (Lipinski definition) is 4. The van der Waals surface area contributed by atoms with Crippen LogP contribution in [0.1, 0.15) is 37.7 Å². The Morgan fingerprint density at radius 1 is 1.25 bits per heavy atom. The van der Waals surface area contributed by atoms with Crippen molar-refractivity contribution in [3.05, 3.63) is 46.0 Å². The fourth-order valence-electron chi connectivity index (χ4n) is 2.02. The Hall–Kier alpha value is -1.10. The van der Waals surface area contributed by atoms with E-state index < -0.39 is 0 Å². The van der Waals surface area contributed by atoms with Crippen LogP contribution in [-0.2, 0) is 19.6 Å². The van der Waals surface area contributed by atoms with Crippen LogP contribution in [0.5, 0.6) is 0 Å². The summed E-state index contributed by atoms with van der Waals surface area (Å²) >= 11 is 1.74. The first-order valence-electron chi connectivity index (χ1n) is 6.94. The maximum atomic E-state index is 5.64. The van der Waals surface area contributed by atoms with Gasteiger partial charge in [0.05, 0.1) is 12.8 Å². The lowest BCUT2D eigenvalue weighted by Gasteiger charge is -2.21. The van der Waals surface area contributed by atoms with E-state index in [0.717, 1.165) is 25.4 Å². The number of nitrogens with zero attached hydrogens (tertiary/aromatic N) is 1. The van der Waals surface area contributed by atoms with E-state index in [0.29, 0.717) is 0 Å². The van der Waals surface area contributed by atoms with Crippen molar-refractivity contribution in [1.29, 1.82) is 0 Å². The molecule has 0 aliphatic rings. The van der Waals surface area contributed by atoms with Crippen LogP contribution in [0.4, 0.5) is 0 Å². The molecule has 0 unspecified atom stereocenters. The Kier molecular flexibility index (Phi) is 5.02. The SMILES string of the molecule is CN(Cc1ccsc1)Cc1occc1CNC(C)(C)C. The lowest BCUT2D eigenvalue weighted by molar-refractivity contribution is 0.285. The maximum Gasteiger partial charge on any atom is 0.122 e. The predicted octanol–water partition coefficient (Wildman–Crippen LogP) is 3.86. The highest BCUT2D eigenvalue weighted by Gasteiger charge is 2.13. The van der Waals surface area contributed by atoms with Crippen LogP contribution in [0.2, 0.25) is 0 Å². The van der Waals surface area contributed by atoms with E-state index in [1.165, 1.54) is 11.1 Å². The first kappa shape index (κ1) is 15.3. The third kappa shape index (κ3) is 4.78. The molecule has 2 rings (SSSR count). The summed E-state index contributed by atoms with van der Waals surface area (Å²) in [5.41, 5.74) is 2.73. The molecule has 0 bridgehead atoms. The van der Waals surface area contributed by atoms with Crippen LogP contribution in [0.15, 0.2) is 33.6 Å². The van der Waals surface area contributed by atoms with E-state index >= 15 is 0 Å². The van der Waals surface area contributed by atoms with Gasteiger partial charge in [-0.2, -0.15) is 11.3 Å². The van der Waals surface area contributed by atoms with Gasteiger partial charge in [-0.25, -0.2) is 0 Å². The fraction of sp³-hybridized carbons (Fsp3) is 0.500. The summed E-state index contributed by atoms with van der Waals surface area (Å²) in [6.45, 7) is 9.17. The van der Waals surface area contributed by atoms with Gasteiger partial charge in [0.2, 0.25) is 0 Å². The summed E-state index contributed by atoms with van der Waals surface area (Å²) in [7, 11) is 2.13. The van der Waals surface area contributed by atoms with E-state index in [1.807, 2.05) is 0 Å². The highest BCUT2D eigenvalue weighted by molar-refractivity contribution is 7.07. The molecule has 0 radical (unpaired) electrons. The molecular formula is C16H24N2OS. The fourth-order valence-corrected chi connectivity index (χ4v) is 2.68. The normalized spacial score (nSPS) is 12.2. The number of hydrogen-bond donors (Lipinski definition) is 1. The highest BCUT2D eigenvalue weighted by Crippen LogP contribution is 2.16. The van der Waals surface area contributed by atoms with Crippen molar-refractivity contribution in [2.75, 3.05) is 7.05 Å². The molecule has 2 heterocycles. The van der Waals surface area contributed by atoms with Crippen molar-refractivity contribution in [3.8, 4) is 0 Å². The lowest BCUT2D eigenvalue weighted by atomic mass is 10.1. The summed E-state index contributed by atoms with van der Waals surface area (Å²) in [6.07, 6.45) is 1.79. The third-order valence-corrected chi connectivity index (χ3v) is 3.83. The Bertz CT molecular complexity index is 511. The van der Waals surface area contributed by atoms with Crippen LogP contribution < -0.4 is 5.32 Å². The first-order valence-corrected chi connectivity index (χ1v) is 7.88. The molecule has 0 saturated heterocycles. The predicted molar refractivity (Wildman–Crippen MR) is 84.8 cm³/mol. The quantitative estimate of drug-likeness (QED) is 0.876. The molecule has 0 spiro atoms. The molecule has 0 fully saturated rings. The molecule has 20 heavy (non-hydrogen) atoms. The van der Waals surface area contributed by atoms with E-state index in [9.17, 15) is 0 Å². The number of furan rings is 1. The van der Waals surface area contributed by atoms with Gasteiger partial charge >= 0.3 is 0 Å². The van der Waals surface area contributed by atoms with Crippen LogP contribution in [0.25, 0.3) is 0 Å². The summed E-state index contributed by atoms with van der Waals surface area (Å²) < 4.78 is 5.64. The zero-order valence-corrected chi connectivity index (χ0v) is 13.6. The van der Waals surface area contributed by atoms with Gasteiger partial charge in [-0.1, -0.05) is 0 Å². The van der Waals surface area contributed by atoms with Crippen molar-refractivity contribution in [2.24, 2.45) is 0 Å². The Morgan fingerprint density at radius 2 is 2.05 bits per heavy atom. The average Bonchev–Trinajstić information content (AvgIpc) is 2.97. The lowest BCUT2D eigenvalue weighted by Crippen LogP contribution is -2.35. The first-order chi connectivity index (χ1) is 9.44. The topological polar surface area (TPSA) is 28.4 Å². The summed E-state index contributed by atoms with van der Waals surface area (Å²) in [4.78, 5) is 2.28. The molecule has 4 heteroatoms. The zero-order valence-electron chi connectivity index (χ0n) is 12.8. The van der Waals surface area contributed by atoms with Gasteiger partial charge in [0.15, 0.2) is 0 Å². The van der Waals surface area contributed by atoms with Crippen LogP contribution in [0, 0.1) is 0 Å². The molecule has 1 N–H and O–H groups in total. The van der Waals surface area contributed by atoms with Crippen LogP contribution in [0.3, 0.4) is 0 Å². The second-order valence-corrected chi connectivity index (χ2v) is 7.06. The van der Waals surface area contributed by atoms with E-state index in [1.54, 1.807) is 17.6 Å². The number of thiophene rings is 1. The molecule has 0 amide bonds. The molecule has 2 aromatic rings. The molecule has 110 valence electrons. The van der Waals surface area contributed by atoms with Gasteiger partial charge in [0.25, 0.3) is 0 Å². The third-order valence-electron chi connectivity index (χ3n) is 3.09. The van der Waals surface area contributed by atoms with Gasteiger partial charge < -0.3 is 9.73 Å². The Morgan fingerprint density at radius 3 is 2.70 bits per heavy atom.